The zero-order valence-electron chi connectivity index (χ0n) is 15.6. The molecule has 1 saturated heterocycles. The summed E-state index contributed by atoms with van der Waals surface area (Å²) in [6.45, 7) is 3.76. The largest absolute Gasteiger partial charge is 0.463 e. The van der Waals surface area contributed by atoms with Crippen LogP contribution in [0.4, 0.5) is 0 Å². The highest BCUT2D eigenvalue weighted by Crippen LogP contribution is 2.33. The van der Waals surface area contributed by atoms with E-state index < -0.39 is 36.2 Å². The van der Waals surface area contributed by atoms with Crippen LogP contribution in [0.2, 0.25) is 0 Å². The van der Waals surface area contributed by atoms with Crippen molar-refractivity contribution in [1.82, 2.24) is 0 Å². The molecule has 8 heteroatoms. The number of thioether (sulfide) groups is 1. The van der Waals surface area contributed by atoms with Gasteiger partial charge in [0.05, 0.1) is 0 Å². The number of carbonyl (C=O) groups is 3. The van der Waals surface area contributed by atoms with Crippen molar-refractivity contribution in [2.24, 2.45) is 0 Å². The zero-order valence-corrected chi connectivity index (χ0v) is 16.4. The quantitative estimate of drug-likeness (QED) is 0.513. The second kappa shape index (κ2) is 10.3. The average molecular weight is 396 g/mol. The zero-order chi connectivity index (χ0) is 19.8. The number of hydrogen-bond donors (Lipinski definition) is 0. The van der Waals surface area contributed by atoms with Crippen molar-refractivity contribution in [3.05, 3.63) is 35.9 Å². The van der Waals surface area contributed by atoms with Gasteiger partial charge in [0, 0.05) is 32.9 Å². The molecule has 0 bridgehead atoms. The summed E-state index contributed by atoms with van der Waals surface area (Å²) < 4.78 is 21.7. The Morgan fingerprint density at radius 1 is 1.04 bits per heavy atom. The summed E-state index contributed by atoms with van der Waals surface area (Å²) in [6.07, 6.45) is -1.86. The van der Waals surface area contributed by atoms with Gasteiger partial charge in [-0.1, -0.05) is 30.3 Å². The summed E-state index contributed by atoms with van der Waals surface area (Å²) in [6, 6.07) is 9.88. The standard InChI is InChI=1S/C19H24O7S/c1-12(20)23-10-17-19(25-14(3)22)16(24-13(2)21)9-18(26-17)27-11-15-7-5-4-6-8-15/h4-8,16-19H,9-11H2,1-3H3/t16-,17-,18?,19+/m1/s1. The first-order valence-electron chi connectivity index (χ1n) is 8.64. The molecule has 27 heavy (non-hydrogen) atoms. The van der Waals surface area contributed by atoms with E-state index in [9.17, 15) is 14.4 Å². The van der Waals surface area contributed by atoms with E-state index in [2.05, 4.69) is 0 Å². The molecule has 0 N–H and O–H groups in total. The minimum Gasteiger partial charge on any atom is -0.463 e. The molecule has 1 aliphatic rings. The second-order valence-electron chi connectivity index (χ2n) is 6.16. The third kappa shape index (κ3) is 7.22. The van der Waals surface area contributed by atoms with Crippen LogP contribution in [0.25, 0.3) is 0 Å². The highest BCUT2D eigenvalue weighted by molar-refractivity contribution is 7.99. The summed E-state index contributed by atoms with van der Waals surface area (Å²) >= 11 is 1.55. The van der Waals surface area contributed by atoms with Crippen molar-refractivity contribution in [3.63, 3.8) is 0 Å². The molecule has 1 aliphatic heterocycles. The lowest BCUT2D eigenvalue weighted by Crippen LogP contribution is -2.53. The molecule has 0 spiro atoms. The van der Waals surface area contributed by atoms with Crippen LogP contribution in [0.1, 0.15) is 32.8 Å². The van der Waals surface area contributed by atoms with Gasteiger partial charge in [-0.3, -0.25) is 14.4 Å². The van der Waals surface area contributed by atoms with Crippen LogP contribution < -0.4 is 0 Å². The second-order valence-corrected chi connectivity index (χ2v) is 7.31. The smallest absolute Gasteiger partial charge is 0.303 e. The van der Waals surface area contributed by atoms with Crippen molar-refractivity contribution in [2.45, 2.75) is 56.7 Å². The van der Waals surface area contributed by atoms with Crippen LogP contribution >= 0.6 is 11.8 Å². The van der Waals surface area contributed by atoms with E-state index >= 15 is 0 Å². The molecular formula is C19H24O7S. The van der Waals surface area contributed by atoms with Crippen LogP contribution in [0, 0.1) is 0 Å². The van der Waals surface area contributed by atoms with E-state index in [1.165, 1.54) is 20.8 Å². The highest BCUT2D eigenvalue weighted by atomic mass is 32.2. The Labute approximate surface area is 162 Å². The summed E-state index contributed by atoms with van der Waals surface area (Å²) in [5.41, 5.74) is 0.829. The van der Waals surface area contributed by atoms with E-state index in [1.807, 2.05) is 30.3 Å². The number of rotatable bonds is 7. The predicted molar refractivity (Wildman–Crippen MR) is 98.8 cm³/mol. The van der Waals surface area contributed by atoms with Crippen molar-refractivity contribution >= 4 is 29.7 Å². The molecular weight excluding hydrogens is 372 g/mol. The lowest BCUT2D eigenvalue weighted by atomic mass is 10.0. The summed E-state index contributed by atoms with van der Waals surface area (Å²) in [5.74, 6) is -0.763. The van der Waals surface area contributed by atoms with Gasteiger partial charge in [0.25, 0.3) is 0 Å². The molecule has 1 fully saturated rings. The van der Waals surface area contributed by atoms with Crippen LogP contribution in [0.15, 0.2) is 30.3 Å². The molecule has 0 aromatic heterocycles. The van der Waals surface area contributed by atoms with Crippen LogP contribution in [-0.4, -0.2) is 48.3 Å². The third-order valence-electron chi connectivity index (χ3n) is 3.83. The Balaban J connectivity index is 2.10. The van der Waals surface area contributed by atoms with Gasteiger partial charge >= 0.3 is 17.9 Å². The molecule has 1 aromatic rings. The first-order valence-corrected chi connectivity index (χ1v) is 9.69. The lowest BCUT2D eigenvalue weighted by molar-refractivity contribution is -0.204. The van der Waals surface area contributed by atoms with Crippen molar-refractivity contribution in [3.8, 4) is 0 Å². The van der Waals surface area contributed by atoms with Gasteiger partial charge in [0.15, 0.2) is 6.10 Å². The summed E-state index contributed by atoms with van der Waals surface area (Å²) in [7, 11) is 0. The number of hydrogen-bond acceptors (Lipinski definition) is 8. The predicted octanol–water partition coefficient (Wildman–Crippen LogP) is 2.46. The maximum Gasteiger partial charge on any atom is 0.303 e. The first kappa shape index (κ1) is 21.2. The van der Waals surface area contributed by atoms with Gasteiger partial charge < -0.3 is 18.9 Å². The number of esters is 3. The molecule has 0 aliphatic carbocycles. The topological polar surface area (TPSA) is 88.1 Å². The SMILES string of the molecule is CC(=O)OC[C@H]1OC(SCc2ccccc2)C[C@@H](OC(C)=O)[C@@H]1OC(C)=O. The molecule has 0 radical (unpaired) electrons. The Hall–Kier alpha value is -2.06. The molecule has 1 unspecified atom stereocenters. The van der Waals surface area contributed by atoms with E-state index in [-0.39, 0.29) is 12.0 Å². The van der Waals surface area contributed by atoms with Crippen molar-refractivity contribution < 1.29 is 33.3 Å². The van der Waals surface area contributed by atoms with Gasteiger partial charge in [-0.15, -0.1) is 11.8 Å². The van der Waals surface area contributed by atoms with E-state index in [0.717, 1.165) is 5.56 Å². The summed E-state index contributed by atoms with van der Waals surface area (Å²) in [4.78, 5) is 34.2. The van der Waals surface area contributed by atoms with Gasteiger partial charge in [-0.2, -0.15) is 0 Å². The van der Waals surface area contributed by atoms with Crippen LogP contribution in [0.3, 0.4) is 0 Å². The fourth-order valence-electron chi connectivity index (χ4n) is 2.77. The van der Waals surface area contributed by atoms with E-state index in [0.29, 0.717) is 12.2 Å². The monoisotopic (exact) mass is 396 g/mol. The molecule has 1 heterocycles. The Bertz CT molecular complexity index is 649. The van der Waals surface area contributed by atoms with Gasteiger partial charge in [0.2, 0.25) is 0 Å². The van der Waals surface area contributed by atoms with Gasteiger partial charge in [0.1, 0.15) is 24.3 Å². The molecule has 2 rings (SSSR count). The molecule has 148 valence electrons. The fraction of sp³-hybridized carbons (Fsp3) is 0.526. The fourth-order valence-corrected chi connectivity index (χ4v) is 3.89. The Morgan fingerprint density at radius 3 is 2.30 bits per heavy atom. The third-order valence-corrected chi connectivity index (χ3v) is 5.01. The number of benzene rings is 1. The number of ether oxygens (including phenoxy) is 4. The first-order chi connectivity index (χ1) is 12.8. The molecule has 0 saturated carbocycles. The van der Waals surface area contributed by atoms with Crippen LogP contribution in [-0.2, 0) is 39.1 Å². The molecule has 4 atom stereocenters. The minimum absolute atomic E-state index is 0.0898. The molecule has 7 nitrogen and oxygen atoms in total. The van der Waals surface area contributed by atoms with Crippen molar-refractivity contribution in [2.75, 3.05) is 6.61 Å². The van der Waals surface area contributed by atoms with E-state index in [4.69, 9.17) is 18.9 Å². The van der Waals surface area contributed by atoms with Crippen LogP contribution in [0.5, 0.6) is 0 Å². The lowest BCUT2D eigenvalue weighted by Gasteiger charge is -2.40. The van der Waals surface area contributed by atoms with E-state index in [1.54, 1.807) is 11.8 Å². The Morgan fingerprint density at radius 2 is 1.70 bits per heavy atom. The molecule has 1 aromatic carbocycles. The molecule has 0 amide bonds. The maximum absolute atomic E-state index is 11.5. The average Bonchev–Trinajstić information content (AvgIpc) is 2.60. The normalized spacial score (nSPS) is 24.7. The summed E-state index contributed by atoms with van der Waals surface area (Å²) in [5, 5.41) is 0. The van der Waals surface area contributed by atoms with Gasteiger partial charge in [-0.25, -0.2) is 0 Å². The Kier molecular flexibility index (Phi) is 8.12. The maximum atomic E-state index is 11.5. The number of carbonyl (C=O) groups excluding carboxylic acids is 3. The van der Waals surface area contributed by atoms with Gasteiger partial charge in [-0.05, 0) is 5.56 Å². The van der Waals surface area contributed by atoms with Crippen molar-refractivity contribution in [1.29, 1.82) is 0 Å². The highest BCUT2D eigenvalue weighted by Gasteiger charge is 2.43. The minimum atomic E-state index is -0.834.